The van der Waals surface area contributed by atoms with Crippen molar-refractivity contribution in [3.8, 4) is 0 Å². The van der Waals surface area contributed by atoms with E-state index in [-0.39, 0.29) is 37.6 Å². The number of carboxylic acid groups (broad SMARTS) is 3. The Hall–Kier alpha value is -1.26. The summed E-state index contributed by atoms with van der Waals surface area (Å²) >= 11 is 0. The highest BCUT2D eigenvalue weighted by molar-refractivity contribution is 7.54. The standard InChI is InChI=1S/C24H45O18P3/c1-13(2)7-37-19-20(38-8-14(3)4)22(40-43(31,32)10-16(25)26)24(42-45(35,36)12-18(29)30)23(21(19)39-9-15(5)6)41-44(33,34)11-17(27)28/h13-15,19-24H,7-12H2,1-6H3,(H,25,26)(H,27,28)(H,29,30)(H,31,32)(H,33,34)(H,35,36)/t19-,20-,21+,22-,23-,24-/m0/s1. The van der Waals surface area contributed by atoms with Crippen LogP contribution in [0.2, 0.25) is 0 Å². The molecule has 0 aliphatic heterocycles. The van der Waals surface area contributed by atoms with E-state index in [0.717, 1.165) is 0 Å². The summed E-state index contributed by atoms with van der Waals surface area (Å²) in [5.41, 5.74) is 0. The molecule has 0 aromatic rings. The van der Waals surface area contributed by atoms with E-state index in [9.17, 15) is 58.1 Å². The Kier molecular flexibility index (Phi) is 16.5. The third-order valence-electron chi connectivity index (χ3n) is 5.67. The van der Waals surface area contributed by atoms with Gasteiger partial charge in [0.1, 0.15) is 55.1 Å². The molecule has 264 valence electrons. The van der Waals surface area contributed by atoms with E-state index >= 15 is 0 Å². The fourth-order valence-corrected chi connectivity index (χ4v) is 7.27. The summed E-state index contributed by atoms with van der Waals surface area (Å²) in [6, 6.07) is 0. The van der Waals surface area contributed by atoms with E-state index in [0.29, 0.717) is 0 Å². The van der Waals surface area contributed by atoms with Crippen molar-refractivity contribution in [2.45, 2.75) is 78.2 Å². The van der Waals surface area contributed by atoms with Crippen LogP contribution in [0.15, 0.2) is 0 Å². The van der Waals surface area contributed by atoms with Gasteiger partial charge in [0.05, 0.1) is 0 Å². The smallest absolute Gasteiger partial charge is 0.339 e. The molecular formula is C24H45O18P3. The van der Waals surface area contributed by atoms with E-state index < -0.39 is 95.8 Å². The summed E-state index contributed by atoms with van der Waals surface area (Å²) in [7, 11) is -15.6. The molecule has 3 unspecified atom stereocenters. The van der Waals surface area contributed by atoms with Crippen LogP contribution < -0.4 is 0 Å². The SMILES string of the molecule is CC(C)CO[C@@H]1[C@@H](OCC(C)C)[C@H](OP(=O)(O)CC(=O)O)[C@@H](OP(=O)(O)CC(=O)O)[C@@H](OP(=O)(O)CC(=O)O)[C@H]1OCC(C)C. The van der Waals surface area contributed by atoms with Crippen LogP contribution in [-0.4, -0.2) is 123 Å². The molecule has 0 saturated heterocycles. The summed E-state index contributed by atoms with van der Waals surface area (Å²) in [6.45, 7) is 10.2. The molecule has 18 nitrogen and oxygen atoms in total. The number of hydrogen-bond donors (Lipinski definition) is 6. The Bertz CT molecular complexity index is 1080. The number of ether oxygens (including phenoxy) is 3. The molecule has 1 rings (SSSR count). The number of carboxylic acids is 3. The monoisotopic (exact) mass is 714 g/mol. The van der Waals surface area contributed by atoms with Crippen LogP contribution in [0.1, 0.15) is 41.5 Å². The maximum absolute atomic E-state index is 13.0. The van der Waals surface area contributed by atoms with Gasteiger partial charge in [0.15, 0.2) is 0 Å². The van der Waals surface area contributed by atoms with Crippen molar-refractivity contribution in [2.75, 3.05) is 38.3 Å². The normalized spacial score (nSPS) is 28.0. The van der Waals surface area contributed by atoms with Crippen molar-refractivity contribution in [1.82, 2.24) is 0 Å². The molecule has 6 N–H and O–H groups in total. The Balaban J connectivity index is 4.08. The summed E-state index contributed by atoms with van der Waals surface area (Å²) in [6.07, 6.45) is -15.5. The van der Waals surface area contributed by atoms with E-state index in [2.05, 4.69) is 0 Å². The second-order valence-electron chi connectivity index (χ2n) is 11.9. The maximum atomic E-state index is 13.0. The van der Waals surface area contributed by atoms with Gasteiger partial charge in [0.25, 0.3) is 0 Å². The number of rotatable bonds is 21. The molecule has 0 radical (unpaired) electrons. The molecule has 0 aromatic heterocycles. The van der Waals surface area contributed by atoms with E-state index in [4.69, 9.17) is 27.8 Å². The first kappa shape index (κ1) is 41.8. The highest BCUT2D eigenvalue weighted by Gasteiger charge is 2.59. The Labute approximate surface area is 260 Å². The van der Waals surface area contributed by atoms with Crippen molar-refractivity contribution in [1.29, 1.82) is 0 Å². The summed E-state index contributed by atoms with van der Waals surface area (Å²) in [4.78, 5) is 65.6. The Morgan fingerprint density at radius 1 is 0.489 bits per heavy atom. The molecule has 0 heterocycles. The molecule has 21 heteroatoms. The zero-order valence-corrected chi connectivity index (χ0v) is 28.5. The quantitative estimate of drug-likeness (QED) is 0.0928. The molecule has 0 bridgehead atoms. The maximum Gasteiger partial charge on any atom is 0.339 e. The molecule has 0 aromatic carbocycles. The van der Waals surface area contributed by atoms with Gasteiger partial charge in [-0.2, -0.15) is 0 Å². The molecular weight excluding hydrogens is 669 g/mol. The lowest BCUT2D eigenvalue weighted by Gasteiger charge is -2.50. The summed E-state index contributed by atoms with van der Waals surface area (Å²) < 4.78 is 73.0. The van der Waals surface area contributed by atoms with Gasteiger partial charge in [-0.15, -0.1) is 0 Å². The summed E-state index contributed by atoms with van der Waals surface area (Å²) in [5.74, 6) is -5.91. The van der Waals surface area contributed by atoms with Crippen molar-refractivity contribution >= 4 is 40.7 Å². The van der Waals surface area contributed by atoms with Crippen LogP contribution in [-0.2, 0) is 55.9 Å². The van der Waals surface area contributed by atoms with E-state index in [1.165, 1.54) is 0 Å². The topological polar surface area (TPSA) is 279 Å². The van der Waals surface area contributed by atoms with E-state index in [1.807, 2.05) is 0 Å². The minimum Gasteiger partial charge on any atom is -0.481 e. The molecule has 0 spiro atoms. The lowest BCUT2D eigenvalue weighted by atomic mass is 9.84. The molecule has 45 heavy (non-hydrogen) atoms. The number of hydrogen-bond acceptors (Lipinski definition) is 12. The highest BCUT2D eigenvalue weighted by Crippen LogP contribution is 2.54. The zero-order valence-electron chi connectivity index (χ0n) is 25.9. The third kappa shape index (κ3) is 15.5. The number of aliphatic carboxylic acids is 3. The highest BCUT2D eigenvalue weighted by atomic mass is 31.2. The second kappa shape index (κ2) is 17.8. The lowest BCUT2D eigenvalue weighted by Crippen LogP contribution is -2.67. The van der Waals surface area contributed by atoms with Gasteiger partial charge in [0.2, 0.25) is 0 Å². The van der Waals surface area contributed by atoms with Crippen LogP contribution in [0.5, 0.6) is 0 Å². The molecule has 9 atom stereocenters. The molecule has 1 aliphatic rings. The minimum absolute atomic E-state index is 0.0337. The van der Waals surface area contributed by atoms with E-state index in [1.54, 1.807) is 41.5 Å². The molecule has 1 aliphatic carbocycles. The van der Waals surface area contributed by atoms with Crippen molar-refractivity contribution < 1.29 is 85.9 Å². The van der Waals surface area contributed by atoms with Gasteiger partial charge in [-0.25, -0.2) is 0 Å². The second-order valence-corrected chi connectivity index (χ2v) is 17.3. The van der Waals surface area contributed by atoms with Gasteiger partial charge < -0.3 is 44.2 Å². The zero-order chi connectivity index (χ0) is 34.9. The summed E-state index contributed by atoms with van der Waals surface area (Å²) in [5, 5.41) is 27.6. The van der Waals surface area contributed by atoms with Crippen LogP contribution in [0.4, 0.5) is 0 Å². The average Bonchev–Trinajstić information content (AvgIpc) is 2.80. The van der Waals surface area contributed by atoms with Gasteiger partial charge >= 0.3 is 40.7 Å². The van der Waals surface area contributed by atoms with Gasteiger partial charge in [0, 0.05) is 19.8 Å². The minimum atomic E-state index is -5.24. The first-order chi connectivity index (χ1) is 20.4. The van der Waals surface area contributed by atoms with Crippen molar-refractivity contribution in [3.63, 3.8) is 0 Å². The van der Waals surface area contributed by atoms with Crippen LogP contribution in [0.25, 0.3) is 0 Å². The molecule has 0 amide bonds. The molecule has 1 fully saturated rings. The fraction of sp³-hybridized carbons (Fsp3) is 0.875. The predicted molar refractivity (Wildman–Crippen MR) is 155 cm³/mol. The van der Waals surface area contributed by atoms with Crippen LogP contribution in [0.3, 0.4) is 0 Å². The first-order valence-corrected chi connectivity index (χ1v) is 19.2. The van der Waals surface area contributed by atoms with Crippen molar-refractivity contribution in [3.05, 3.63) is 0 Å². The van der Waals surface area contributed by atoms with Crippen molar-refractivity contribution in [2.24, 2.45) is 17.8 Å². The molecule has 1 saturated carbocycles. The first-order valence-electron chi connectivity index (χ1n) is 14.0. The van der Waals surface area contributed by atoms with Crippen LogP contribution in [0, 0.1) is 17.8 Å². The fourth-order valence-electron chi connectivity index (χ4n) is 4.16. The van der Waals surface area contributed by atoms with Gasteiger partial charge in [-0.05, 0) is 17.8 Å². The largest absolute Gasteiger partial charge is 0.481 e. The Morgan fingerprint density at radius 2 is 0.689 bits per heavy atom. The van der Waals surface area contributed by atoms with Gasteiger partial charge in [-0.3, -0.25) is 41.6 Å². The number of carbonyl (C=O) groups is 3. The van der Waals surface area contributed by atoms with Crippen LogP contribution >= 0.6 is 22.8 Å². The Morgan fingerprint density at radius 3 is 0.889 bits per heavy atom. The average molecular weight is 715 g/mol. The lowest BCUT2D eigenvalue weighted by molar-refractivity contribution is -0.249. The predicted octanol–water partition coefficient (Wildman–Crippen LogP) is 2.09. The van der Waals surface area contributed by atoms with Gasteiger partial charge in [-0.1, -0.05) is 41.5 Å². The third-order valence-corrected chi connectivity index (χ3v) is 9.40.